The fourth-order valence-corrected chi connectivity index (χ4v) is 3.12. The molecule has 3 nitrogen and oxygen atoms in total. The maximum absolute atomic E-state index is 12.6. The number of benzene rings is 1. The van der Waals surface area contributed by atoms with Gasteiger partial charge in [-0.25, -0.2) is 0 Å². The maximum Gasteiger partial charge on any atom is 0.253 e. The van der Waals surface area contributed by atoms with Gasteiger partial charge in [-0.05, 0) is 36.8 Å². The van der Waals surface area contributed by atoms with Crippen LogP contribution in [0.1, 0.15) is 34.3 Å². The van der Waals surface area contributed by atoms with E-state index in [1.807, 2.05) is 41.8 Å². The highest BCUT2D eigenvalue weighted by atomic mass is 32.2. The van der Waals surface area contributed by atoms with Crippen LogP contribution in [0.5, 0.6) is 0 Å². The summed E-state index contributed by atoms with van der Waals surface area (Å²) in [6.07, 6.45) is 1.52. The van der Waals surface area contributed by atoms with Gasteiger partial charge in [-0.2, -0.15) is 11.8 Å². The van der Waals surface area contributed by atoms with Crippen molar-refractivity contribution in [3.63, 3.8) is 0 Å². The summed E-state index contributed by atoms with van der Waals surface area (Å²) >= 11 is 1.91. The van der Waals surface area contributed by atoms with Gasteiger partial charge in [-0.15, -0.1) is 0 Å². The van der Waals surface area contributed by atoms with Gasteiger partial charge in [0.25, 0.3) is 5.91 Å². The molecule has 112 valence electrons. The number of aliphatic hydroxyl groups is 1. The summed E-state index contributed by atoms with van der Waals surface area (Å²) in [7, 11) is 0. The van der Waals surface area contributed by atoms with Crippen molar-refractivity contribution >= 4 is 17.7 Å². The molecule has 0 bridgehead atoms. The second-order valence-electron chi connectivity index (χ2n) is 5.06. The highest BCUT2D eigenvalue weighted by Crippen LogP contribution is 2.16. The number of aryl methyl sites for hydroxylation is 1. The number of thioether (sulfide) groups is 1. The van der Waals surface area contributed by atoms with Gasteiger partial charge in [0.15, 0.2) is 0 Å². The summed E-state index contributed by atoms with van der Waals surface area (Å²) in [5.41, 5.74) is 2.64. The van der Waals surface area contributed by atoms with Gasteiger partial charge in [-0.1, -0.05) is 17.9 Å². The Morgan fingerprint density at radius 3 is 3.05 bits per heavy atom. The molecule has 0 saturated carbocycles. The van der Waals surface area contributed by atoms with Crippen LogP contribution in [0.2, 0.25) is 0 Å². The monoisotopic (exact) mass is 303 g/mol. The van der Waals surface area contributed by atoms with E-state index in [9.17, 15) is 4.79 Å². The summed E-state index contributed by atoms with van der Waals surface area (Å²) in [5, 5.41) is 8.79. The Morgan fingerprint density at radius 2 is 2.24 bits per heavy atom. The number of aliphatic hydroxyl groups excluding tert-OH is 1. The minimum absolute atomic E-state index is 0.0656. The molecule has 0 radical (unpaired) electrons. The van der Waals surface area contributed by atoms with E-state index in [1.54, 1.807) is 0 Å². The third-order valence-electron chi connectivity index (χ3n) is 3.45. The summed E-state index contributed by atoms with van der Waals surface area (Å²) in [4.78, 5) is 14.5. The highest BCUT2D eigenvalue weighted by molar-refractivity contribution is 7.99. The van der Waals surface area contributed by atoms with E-state index in [-0.39, 0.29) is 12.5 Å². The van der Waals surface area contributed by atoms with Crippen LogP contribution in [0.15, 0.2) is 18.2 Å². The van der Waals surface area contributed by atoms with Crippen LogP contribution in [0.25, 0.3) is 0 Å². The van der Waals surface area contributed by atoms with Crippen molar-refractivity contribution < 1.29 is 9.90 Å². The Kier molecular flexibility index (Phi) is 6.16. The molecular weight excluding hydrogens is 282 g/mol. The number of carbonyl (C=O) groups excluding carboxylic acids is 1. The van der Waals surface area contributed by atoms with Gasteiger partial charge in [0.1, 0.15) is 0 Å². The minimum Gasteiger partial charge on any atom is -0.395 e. The molecule has 2 rings (SSSR count). The van der Waals surface area contributed by atoms with Crippen molar-refractivity contribution in [2.75, 3.05) is 31.2 Å². The lowest BCUT2D eigenvalue weighted by Gasteiger charge is -2.20. The first-order chi connectivity index (χ1) is 10.2. The molecule has 0 aliphatic carbocycles. The molecule has 1 aromatic carbocycles. The second kappa shape index (κ2) is 8.11. The topological polar surface area (TPSA) is 40.5 Å². The van der Waals surface area contributed by atoms with Gasteiger partial charge in [-0.3, -0.25) is 4.79 Å². The van der Waals surface area contributed by atoms with E-state index in [1.165, 1.54) is 0 Å². The molecule has 1 N–H and O–H groups in total. The van der Waals surface area contributed by atoms with Gasteiger partial charge in [0.05, 0.1) is 6.61 Å². The van der Waals surface area contributed by atoms with Crippen LogP contribution in [-0.2, 0) is 0 Å². The molecule has 1 heterocycles. The fraction of sp³-hybridized carbons (Fsp3) is 0.471. The van der Waals surface area contributed by atoms with E-state index in [2.05, 4.69) is 11.8 Å². The Morgan fingerprint density at radius 1 is 1.38 bits per heavy atom. The molecule has 1 fully saturated rings. The predicted molar refractivity (Wildman–Crippen MR) is 87.6 cm³/mol. The first-order valence-corrected chi connectivity index (χ1v) is 8.45. The number of amides is 1. The van der Waals surface area contributed by atoms with E-state index in [0.717, 1.165) is 42.1 Å². The summed E-state index contributed by atoms with van der Waals surface area (Å²) in [6.45, 7) is 3.71. The molecule has 0 unspecified atom stereocenters. The molecule has 1 amide bonds. The highest BCUT2D eigenvalue weighted by Gasteiger charge is 2.17. The SMILES string of the molecule is Cc1ccc(C(=O)N2CCCSCC2)cc1C#CCCO. The van der Waals surface area contributed by atoms with Crippen molar-refractivity contribution in [1.29, 1.82) is 0 Å². The quantitative estimate of drug-likeness (QED) is 0.852. The van der Waals surface area contributed by atoms with Crippen LogP contribution >= 0.6 is 11.8 Å². The lowest BCUT2D eigenvalue weighted by Crippen LogP contribution is -2.32. The maximum atomic E-state index is 12.6. The van der Waals surface area contributed by atoms with E-state index < -0.39 is 0 Å². The molecule has 4 heteroatoms. The van der Waals surface area contributed by atoms with Gasteiger partial charge < -0.3 is 10.0 Å². The average Bonchev–Trinajstić information content (AvgIpc) is 2.78. The molecule has 0 atom stereocenters. The van der Waals surface area contributed by atoms with Crippen molar-refractivity contribution in [2.45, 2.75) is 19.8 Å². The van der Waals surface area contributed by atoms with Gasteiger partial charge in [0.2, 0.25) is 0 Å². The molecule has 1 aliphatic heterocycles. The Bertz CT molecular complexity index is 552. The minimum atomic E-state index is 0.0656. The number of hydrogen-bond acceptors (Lipinski definition) is 3. The third kappa shape index (κ3) is 4.52. The zero-order valence-electron chi connectivity index (χ0n) is 12.4. The Hall–Kier alpha value is -1.44. The van der Waals surface area contributed by atoms with Gasteiger partial charge in [0, 0.05) is 36.4 Å². The fourth-order valence-electron chi connectivity index (χ4n) is 2.24. The molecule has 0 aromatic heterocycles. The third-order valence-corrected chi connectivity index (χ3v) is 4.50. The summed E-state index contributed by atoms with van der Waals surface area (Å²) in [6, 6.07) is 5.70. The zero-order chi connectivity index (χ0) is 15.1. The van der Waals surface area contributed by atoms with Crippen molar-refractivity contribution in [3.05, 3.63) is 34.9 Å². The predicted octanol–water partition coefficient (Wildman–Crippen LogP) is 2.31. The van der Waals surface area contributed by atoms with E-state index in [0.29, 0.717) is 12.0 Å². The van der Waals surface area contributed by atoms with Crippen LogP contribution in [0.3, 0.4) is 0 Å². The van der Waals surface area contributed by atoms with Crippen LogP contribution in [0, 0.1) is 18.8 Å². The average molecular weight is 303 g/mol. The van der Waals surface area contributed by atoms with Crippen LogP contribution < -0.4 is 0 Å². The molecule has 1 aromatic rings. The standard InChI is InChI=1S/C17H21NO2S/c1-14-6-7-16(13-15(14)5-2-3-10-19)17(20)18-8-4-11-21-12-9-18/h6-7,13,19H,3-4,8-12H2,1H3. The summed E-state index contributed by atoms with van der Waals surface area (Å²) in [5.74, 6) is 8.21. The largest absolute Gasteiger partial charge is 0.395 e. The zero-order valence-corrected chi connectivity index (χ0v) is 13.2. The lowest BCUT2D eigenvalue weighted by molar-refractivity contribution is 0.0768. The number of carbonyl (C=O) groups is 1. The normalized spacial score (nSPS) is 15.0. The summed E-state index contributed by atoms with van der Waals surface area (Å²) < 4.78 is 0. The Labute approximate surface area is 130 Å². The first-order valence-electron chi connectivity index (χ1n) is 7.30. The van der Waals surface area contributed by atoms with E-state index in [4.69, 9.17) is 5.11 Å². The van der Waals surface area contributed by atoms with Crippen LogP contribution in [-0.4, -0.2) is 47.1 Å². The second-order valence-corrected chi connectivity index (χ2v) is 6.29. The van der Waals surface area contributed by atoms with Crippen LogP contribution in [0.4, 0.5) is 0 Å². The number of rotatable bonds is 2. The lowest BCUT2D eigenvalue weighted by atomic mass is 10.0. The first kappa shape index (κ1) is 15.9. The van der Waals surface area contributed by atoms with Crippen molar-refractivity contribution in [2.24, 2.45) is 0 Å². The van der Waals surface area contributed by atoms with E-state index >= 15 is 0 Å². The number of nitrogens with zero attached hydrogens (tertiary/aromatic N) is 1. The number of hydrogen-bond donors (Lipinski definition) is 1. The molecule has 1 aliphatic rings. The smallest absolute Gasteiger partial charge is 0.253 e. The molecule has 1 saturated heterocycles. The van der Waals surface area contributed by atoms with Gasteiger partial charge >= 0.3 is 0 Å². The molecule has 0 spiro atoms. The Balaban J connectivity index is 2.17. The molecule has 21 heavy (non-hydrogen) atoms. The molecular formula is C17H21NO2S. The van der Waals surface area contributed by atoms with Crippen molar-refractivity contribution in [3.8, 4) is 11.8 Å². The van der Waals surface area contributed by atoms with Crippen molar-refractivity contribution in [1.82, 2.24) is 4.90 Å².